The molecular formula is C14H22ClN5. The van der Waals surface area contributed by atoms with E-state index < -0.39 is 0 Å². The molecule has 5 nitrogen and oxygen atoms in total. The topological polar surface area (TPSA) is 53.9 Å². The second-order valence-corrected chi connectivity index (χ2v) is 6.43. The summed E-state index contributed by atoms with van der Waals surface area (Å²) in [4.78, 5) is 15.1. The molecule has 1 aromatic rings. The predicted molar refractivity (Wildman–Crippen MR) is 81.3 cm³/mol. The molecule has 2 heterocycles. The van der Waals surface area contributed by atoms with Crippen molar-refractivity contribution < 1.29 is 0 Å². The van der Waals surface area contributed by atoms with Gasteiger partial charge in [0.15, 0.2) is 0 Å². The molecule has 2 aliphatic rings. The molecule has 0 spiro atoms. The molecule has 2 unspecified atom stereocenters. The second kappa shape index (κ2) is 6.12. The molecule has 1 aliphatic heterocycles. The van der Waals surface area contributed by atoms with Gasteiger partial charge in [0, 0.05) is 19.6 Å². The van der Waals surface area contributed by atoms with E-state index in [2.05, 4.69) is 32.1 Å². The third-order valence-electron chi connectivity index (χ3n) is 4.34. The lowest BCUT2D eigenvalue weighted by Crippen LogP contribution is -2.22. The Morgan fingerprint density at radius 1 is 1.20 bits per heavy atom. The van der Waals surface area contributed by atoms with E-state index in [0.29, 0.717) is 11.9 Å². The van der Waals surface area contributed by atoms with E-state index in [0.717, 1.165) is 31.5 Å². The zero-order valence-electron chi connectivity index (χ0n) is 12.0. The van der Waals surface area contributed by atoms with Crippen molar-refractivity contribution in [3.8, 4) is 0 Å². The lowest BCUT2D eigenvalue weighted by Gasteiger charge is -2.16. The summed E-state index contributed by atoms with van der Waals surface area (Å²) in [6.07, 6.45) is 6.33. The molecular weight excluding hydrogens is 274 g/mol. The van der Waals surface area contributed by atoms with Gasteiger partial charge in [-0.1, -0.05) is 13.3 Å². The molecule has 0 aromatic carbocycles. The van der Waals surface area contributed by atoms with Gasteiger partial charge in [0.05, 0.1) is 0 Å². The molecule has 20 heavy (non-hydrogen) atoms. The van der Waals surface area contributed by atoms with Crippen molar-refractivity contribution in [3.63, 3.8) is 0 Å². The van der Waals surface area contributed by atoms with E-state index in [1.165, 1.54) is 32.1 Å². The van der Waals surface area contributed by atoms with Gasteiger partial charge in [-0.3, -0.25) is 0 Å². The van der Waals surface area contributed by atoms with Gasteiger partial charge in [-0.15, -0.1) is 0 Å². The van der Waals surface area contributed by atoms with Crippen LogP contribution >= 0.6 is 11.6 Å². The van der Waals surface area contributed by atoms with Crippen molar-refractivity contribution in [2.45, 2.75) is 39.0 Å². The molecule has 110 valence electrons. The van der Waals surface area contributed by atoms with Crippen molar-refractivity contribution in [2.75, 3.05) is 29.9 Å². The molecule has 0 radical (unpaired) electrons. The van der Waals surface area contributed by atoms with Crippen molar-refractivity contribution in [1.29, 1.82) is 0 Å². The first-order chi connectivity index (χ1) is 9.70. The zero-order valence-corrected chi connectivity index (χ0v) is 12.7. The smallest absolute Gasteiger partial charge is 0.231 e. The van der Waals surface area contributed by atoms with E-state index in [1.54, 1.807) is 0 Å². The highest BCUT2D eigenvalue weighted by atomic mass is 35.5. The Morgan fingerprint density at radius 2 is 2.00 bits per heavy atom. The van der Waals surface area contributed by atoms with Crippen LogP contribution in [0.25, 0.3) is 0 Å². The molecule has 1 saturated carbocycles. The van der Waals surface area contributed by atoms with Gasteiger partial charge in [0.25, 0.3) is 0 Å². The third-order valence-corrected chi connectivity index (χ3v) is 4.51. The Morgan fingerprint density at radius 3 is 2.70 bits per heavy atom. The number of nitrogens with zero attached hydrogens (tertiary/aromatic N) is 4. The van der Waals surface area contributed by atoms with Crippen molar-refractivity contribution in [2.24, 2.45) is 11.8 Å². The van der Waals surface area contributed by atoms with Gasteiger partial charge < -0.3 is 10.2 Å². The monoisotopic (exact) mass is 295 g/mol. The van der Waals surface area contributed by atoms with Gasteiger partial charge in [0.2, 0.25) is 17.2 Å². The summed E-state index contributed by atoms with van der Waals surface area (Å²) in [6, 6.07) is 0. The van der Waals surface area contributed by atoms with Crippen molar-refractivity contribution >= 4 is 23.5 Å². The SMILES string of the molecule is CC1CCC(CNc2nc(Cl)nc(N3CCCC3)n2)C1. The highest BCUT2D eigenvalue weighted by Crippen LogP contribution is 2.30. The number of aromatic nitrogens is 3. The fourth-order valence-corrected chi connectivity index (χ4v) is 3.38. The zero-order chi connectivity index (χ0) is 13.9. The lowest BCUT2D eigenvalue weighted by atomic mass is 10.1. The van der Waals surface area contributed by atoms with Gasteiger partial charge >= 0.3 is 0 Å². The van der Waals surface area contributed by atoms with Crippen LogP contribution < -0.4 is 10.2 Å². The molecule has 0 amide bonds. The number of anilines is 2. The number of hydrogen-bond acceptors (Lipinski definition) is 5. The Labute approximate surface area is 125 Å². The maximum atomic E-state index is 6.02. The minimum Gasteiger partial charge on any atom is -0.354 e. The Hall–Kier alpha value is -1.10. The maximum absolute atomic E-state index is 6.02. The fraction of sp³-hybridized carbons (Fsp3) is 0.786. The predicted octanol–water partition coefficient (Wildman–Crippen LogP) is 2.97. The summed E-state index contributed by atoms with van der Waals surface area (Å²) in [5.41, 5.74) is 0. The first-order valence-electron chi connectivity index (χ1n) is 7.61. The van der Waals surface area contributed by atoms with Gasteiger partial charge in [-0.25, -0.2) is 0 Å². The van der Waals surface area contributed by atoms with Crippen LogP contribution in [0.2, 0.25) is 5.28 Å². The molecule has 2 atom stereocenters. The van der Waals surface area contributed by atoms with Crippen LogP contribution in [0.4, 0.5) is 11.9 Å². The quantitative estimate of drug-likeness (QED) is 0.925. The molecule has 1 N–H and O–H groups in total. The average molecular weight is 296 g/mol. The van der Waals surface area contributed by atoms with Crippen LogP contribution in [0.1, 0.15) is 39.0 Å². The molecule has 3 rings (SSSR count). The summed E-state index contributed by atoms with van der Waals surface area (Å²) in [7, 11) is 0. The summed E-state index contributed by atoms with van der Waals surface area (Å²) < 4.78 is 0. The van der Waals surface area contributed by atoms with Gasteiger partial charge in [0.1, 0.15) is 0 Å². The summed E-state index contributed by atoms with van der Waals surface area (Å²) >= 11 is 6.02. The minimum atomic E-state index is 0.282. The standard InChI is InChI=1S/C14H22ClN5/c1-10-4-5-11(8-10)9-16-13-17-12(15)18-14(19-13)20-6-2-3-7-20/h10-11H,2-9H2,1H3,(H,16,17,18,19). The van der Waals surface area contributed by atoms with Crippen LogP contribution in [-0.4, -0.2) is 34.6 Å². The van der Waals surface area contributed by atoms with Crippen molar-refractivity contribution in [1.82, 2.24) is 15.0 Å². The highest BCUT2D eigenvalue weighted by molar-refractivity contribution is 6.28. The lowest BCUT2D eigenvalue weighted by molar-refractivity contribution is 0.535. The van der Waals surface area contributed by atoms with Crippen LogP contribution in [-0.2, 0) is 0 Å². The van der Waals surface area contributed by atoms with Crippen LogP contribution in [0.5, 0.6) is 0 Å². The largest absolute Gasteiger partial charge is 0.354 e. The Bertz CT molecular complexity index is 461. The Balaban J connectivity index is 1.63. The first kappa shape index (κ1) is 13.9. The summed E-state index contributed by atoms with van der Waals surface area (Å²) in [6.45, 7) is 5.29. The fourth-order valence-electron chi connectivity index (χ4n) is 3.22. The number of rotatable bonds is 4. The minimum absolute atomic E-state index is 0.282. The van der Waals surface area contributed by atoms with Crippen LogP contribution in [0, 0.1) is 11.8 Å². The van der Waals surface area contributed by atoms with Crippen LogP contribution in [0.3, 0.4) is 0 Å². The highest BCUT2D eigenvalue weighted by Gasteiger charge is 2.22. The summed E-state index contributed by atoms with van der Waals surface area (Å²) in [5.74, 6) is 2.91. The molecule has 2 fully saturated rings. The number of halogens is 1. The molecule has 1 aliphatic carbocycles. The molecule has 1 aromatic heterocycles. The van der Waals surface area contributed by atoms with E-state index in [1.807, 2.05) is 0 Å². The second-order valence-electron chi connectivity index (χ2n) is 6.09. The first-order valence-corrected chi connectivity index (χ1v) is 7.99. The third kappa shape index (κ3) is 3.32. The van der Waals surface area contributed by atoms with E-state index >= 15 is 0 Å². The summed E-state index contributed by atoms with van der Waals surface area (Å²) in [5, 5.41) is 3.62. The van der Waals surface area contributed by atoms with Crippen LogP contribution in [0.15, 0.2) is 0 Å². The maximum Gasteiger partial charge on any atom is 0.231 e. The molecule has 6 heteroatoms. The van der Waals surface area contributed by atoms with Gasteiger partial charge in [-0.05, 0) is 49.1 Å². The van der Waals surface area contributed by atoms with E-state index in [-0.39, 0.29) is 5.28 Å². The average Bonchev–Trinajstić information content (AvgIpc) is 3.07. The van der Waals surface area contributed by atoms with Gasteiger partial charge in [-0.2, -0.15) is 15.0 Å². The van der Waals surface area contributed by atoms with Crippen molar-refractivity contribution in [3.05, 3.63) is 5.28 Å². The molecule has 0 bridgehead atoms. The van der Waals surface area contributed by atoms with E-state index in [9.17, 15) is 0 Å². The number of hydrogen-bond donors (Lipinski definition) is 1. The molecule has 1 saturated heterocycles. The van der Waals surface area contributed by atoms with E-state index in [4.69, 9.17) is 11.6 Å². The Kier molecular flexibility index (Phi) is 4.24. The number of nitrogens with one attached hydrogen (secondary N) is 1. The normalized spacial score (nSPS) is 26.2.